The molecule has 0 heterocycles. The smallest absolute Gasteiger partial charge is 0.239 e. The molecule has 98 valence electrons. The number of hydrogen-bond donors (Lipinski definition) is 2. The third-order valence-corrected chi connectivity index (χ3v) is 2.62. The van der Waals surface area contributed by atoms with E-state index in [0.29, 0.717) is 0 Å². The Labute approximate surface area is 108 Å². The van der Waals surface area contributed by atoms with E-state index in [1.165, 1.54) is 0 Å². The van der Waals surface area contributed by atoms with Gasteiger partial charge >= 0.3 is 0 Å². The van der Waals surface area contributed by atoms with E-state index in [2.05, 4.69) is 10.6 Å². The first kappa shape index (κ1) is 14.2. The highest BCUT2D eigenvalue weighted by Gasteiger charge is 2.11. The molecule has 18 heavy (non-hydrogen) atoms. The fraction of sp³-hybridized carbons (Fsp3) is 0.429. The number of rotatable bonds is 5. The lowest BCUT2D eigenvalue weighted by atomic mass is 10.1. The van der Waals surface area contributed by atoms with Crippen molar-refractivity contribution in [1.29, 1.82) is 0 Å². The van der Waals surface area contributed by atoms with Crippen LogP contribution in [0.25, 0.3) is 0 Å². The maximum atomic E-state index is 11.6. The lowest BCUT2D eigenvalue weighted by molar-refractivity contribution is -0.128. The van der Waals surface area contributed by atoms with Gasteiger partial charge < -0.3 is 10.6 Å². The van der Waals surface area contributed by atoms with E-state index >= 15 is 0 Å². The summed E-state index contributed by atoms with van der Waals surface area (Å²) in [6.07, 6.45) is 0. The molecule has 1 unspecified atom stereocenters. The SMILES string of the molecule is CC(C)C(=O)NCC(=O)NC(C)c1ccccc1. The van der Waals surface area contributed by atoms with Crippen LogP contribution in [-0.4, -0.2) is 18.4 Å². The van der Waals surface area contributed by atoms with E-state index in [0.717, 1.165) is 5.56 Å². The molecule has 1 aromatic rings. The van der Waals surface area contributed by atoms with E-state index in [1.807, 2.05) is 37.3 Å². The molecular weight excluding hydrogens is 228 g/mol. The van der Waals surface area contributed by atoms with Gasteiger partial charge in [-0.2, -0.15) is 0 Å². The Hall–Kier alpha value is -1.84. The number of nitrogens with one attached hydrogen (secondary N) is 2. The van der Waals surface area contributed by atoms with E-state index in [1.54, 1.807) is 13.8 Å². The third kappa shape index (κ3) is 4.57. The molecule has 0 aliphatic heterocycles. The van der Waals surface area contributed by atoms with Crippen LogP contribution in [0.4, 0.5) is 0 Å². The predicted molar refractivity (Wildman–Crippen MR) is 70.8 cm³/mol. The Balaban J connectivity index is 2.39. The molecule has 1 atom stereocenters. The van der Waals surface area contributed by atoms with Crippen LogP contribution in [0.1, 0.15) is 32.4 Å². The average Bonchev–Trinajstić information content (AvgIpc) is 2.36. The Bertz CT molecular complexity index is 402. The Morgan fingerprint density at radius 1 is 1.11 bits per heavy atom. The number of amides is 2. The van der Waals surface area contributed by atoms with Crippen LogP contribution in [0, 0.1) is 5.92 Å². The summed E-state index contributed by atoms with van der Waals surface area (Å²) < 4.78 is 0. The maximum Gasteiger partial charge on any atom is 0.239 e. The molecule has 0 aromatic heterocycles. The molecule has 0 aliphatic rings. The molecule has 0 saturated carbocycles. The van der Waals surface area contributed by atoms with E-state index in [9.17, 15) is 9.59 Å². The van der Waals surface area contributed by atoms with Crippen molar-refractivity contribution in [2.75, 3.05) is 6.54 Å². The molecule has 1 aromatic carbocycles. The standard InChI is InChI=1S/C14H20N2O2/c1-10(2)14(18)15-9-13(17)16-11(3)12-7-5-4-6-8-12/h4-8,10-11H,9H2,1-3H3,(H,15,18)(H,16,17). The summed E-state index contributed by atoms with van der Waals surface area (Å²) in [5.41, 5.74) is 1.04. The van der Waals surface area contributed by atoms with Crippen LogP contribution in [0.15, 0.2) is 30.3 Å². The minimum atomic E-state index is -0.180. The third-order valence-electron chi connectivity index (χ3n) is 2.62. The van der Waals surface area contributed by atoms with Gasteiger partial charge in [-0.3, -0.25) is 9.59 Å². The lowest BCUT2D eigenvalue weighted by Gasteiger charge is -2.15. The molecule has 0 spiro atoms. The van der Waals surface area contributed by atoms with Gasteiger partial charge in [0.25, 0.3) is 0 Å². The number of benzene rings is 1. The minimum Gasteiger partial charge on any atom is -0.348 e. The van der Waals surface area contributed by atoms with Crippen molar-refractivity contribution in [1.82, 2.24) is 10.6 Å². The highest BCUT2D eigenvalue weighted by atomic mass is 16.2. The predicted octanol–water partition coefficient (Wildman–Crippen LogP) is 1.64. The maximum absolute atomic E-state index is 11.6. The second-order valence-electron chi connectivity index (χ2n) is 4.57. The number of hydrogen-bond acceptors (Lipinski definition) is 2. The number of carbonyl (C=O) groups excluding carboxylic acids is 2. The van der Waals surface area contributed by atoms with Crippen molar-refractivity contribution in [2.24, 2.45) is 5.92 Å². The molecule has 2 N–H and O–H groups in total. The van der Waals surface area contributed by atoms with Gasteiger partial charge in [0.2, 0.25) is 11.8 Å². The van der Waals surface area contributed by atoms with E-state index in [-0.39, 0.29) is 30.3 Å². The molecule has 0 radical (unpaired) electrons. The lowest BCUT2D eigenvalue weighted by Crippen LogP contribution is -2.39. The van der Waals surface area contributed by atoms with Crippen molar-refractivity contribution in [2.45, 2.75) is 26.8 Å². The van der Waals surface area contributed by atoms with Gasteiger partial charge in [0.15, 0.2) is 0 Å². The van der Waals surface area contributed by atoms with Gasteiger partial charge in [-0.1, -0.05) is 44.2 Å². The van der Waals surface area contributed by atoms with E-state index < -0.39 is 0 Å². The van der Waals surface area contributed by atoms with Crippen LogP contribution in [0.2, 0.25) is 0 Å². The van der Waals surface area contributed by atoms with Gasteiger partial charge in [-0.15, -0.1) is 0 Å². The summed E-state index contributed by atoms with van der Waals surface area (Å²) in [6.45, 7) is 5.52. The summed E-state index contributed by atoms with van der Waals surface area (Å²) >= 11 is 0. The molecule has 4 nitrogen and oxygen atoms in total. The molecule has 0 aliphatic carbocycles. The molecule has 0 saturated heterocycles. The summed E-state index contributed by atoms with van der Waals surface area (Å²) in [5.74, 6) is -0.401. The quantitative estimate of drug-likeness (QED) is 0.832. The van der Waals surface area contributed by atoms with E-state index in [4.69, 9.17) is 0 Å². The zero-order chi connectivity index (χ0) is 13.5. The number of carbonyl (C=O) groups is 2. The summed E-state index contributed by atoms with van der Waals surface area (Å²) in [4.78, 5) is 22.9. The molecule has 4 heteroatoms. The summed E-state index contributed by atoms with van der Waals surface area (Å²) in [6, 6.07) is 9.64. The summed E-state index contributed by atoms with van der Waals surface area (Å²) in [7, 11) is 0. The first-order chi connectivity index (χ1) is 8.50. The van der Waals surface area contributed by atoms with Gasteiger partial charge in [0.1, 0.15) is 0 Å². The molecule has 2 amide bonds. The second-order valence-corrected chi connectivity index (χ2v) is 4.57. The van der Waals surface area contributed by atoms with Gasteiger partial charge in [-0.25, -0.2) is 0 Å². The van der Waals surface area contributed by atoms with Crippen molar-refractivity contribution in [3.05, 3.63) is 35.9 Å². The highest BCUT2D eigenvalue weighted by molar-refractivity contribution is 5.85. The summed E-state index contributed by atoms with van der Waals surface area (Å²) in [5, 5.41) is 5.42. The molecule has 1 rings (SSSR count). The minimum absolute atomic E-state index is 0.0220. The van der Waals surface area contributed by atoms with Crippen LogP contribution < -0.4 is 10.6 Å². The molecular formula is C14H20N2O2. The van der Waals surface area contributed by atoms with Crippen molar-refractivity contribution in [3.63, 3.8) is 0 Å². The average molecular weight is 248 g/mol. The first-order valence-corrected chi connectivity index (χ1v) is 6.12. The fourth-order valence-corrected chi connectivity index (χ4v) is 1.49. The normalized spacial score (nSPS) is 12.0. The van der Waals surface area contributed by atoms with Crippen molar-refractivity contribution >= 4 is 11.8 Å². The van der Waals surface area contributed by atoms with Crippen LogP contribution in [0.3, 0.4) is 0 Å². The monoisotopic (exact) mass is 248 g/mol. The largest absolute Gasteiger partial charge is 0.348 e. The van der Waals surface area contributed by atoms with Crippen LogP contribution >= 0.6 is 0 Å². The van der Waals surface area contributed by atoms with Gasteiger partial charge in [0.05, 0.1) is 12.6 Å². The van der Waals surface area contributed by atoms with Crippen molar-refractivity contribution < 1.29 is 9.59 Å². The molecule has 0 bridgehead atoms. The zero-order valence-corrected chi connectivity index (χ0v) is 11.1. The fourth-order valence-electron chi connectivity index (χ4n) is 1.49. The zero-order valence-electron chi connectivity index (χ0n) is 11.1. The topological polar surface area (TPSA) is 58.2 Å². The Morgan fingerprint density at radius 2 is 1.72 bits per heavy atom. The van der Waals surface area contributed by atoms with Crippen molar-refractivity contribution in [3.8, 4) is 0 Å². The first-order valence-electron chi connectivity index (χ1n) is 6.12. The highest BCUT2D eigenvalue weighted by Crippen LogP contribution is 2.10. The Kier molecular flexibility index (Phi) is 5.36. The Morgan fingerprint density at radius 3 is 2.28 bits per heavy atom. The van der Waals surface area contributed by atoms with Gasteiger partial charge in [-0.05, 0) is 12.5 Å². The van der Waals surface area contributed by atoms with Crippen LogP contribution in [-0.2, 0) is 9.59 Å². The van der Waals surface area contributed by atoms with Crippen LogP contribution in [0.5, 0.6) is 0 Å². The second kappa shape index (κ2) is 6.79. The van der Waals surface area contributed by atoms with Gasteiger partial charge in [0, 0.05) is 5.92 Å². The molecule has 0 fully saturated rings.